The number of methoxy groups -OCH3 is 1. The Balaban J connectivity index is 2.56. The van der Waals surface area contributed by atoms with Crippen molar-refractivity contribution in [3.8, 4) is 0 Å². The van der Waals surface area contributed by atoms with Crippen LogP contribution < -0.4 is 16.0 Å². The normalized spacial score (nSPS) is 10.0. The number of amides is 2. The van der Waals surface area contributed by atoms with Gasteiger partial charge in [-0.05, 0) is 25.2 Å². The summed E-state index contributed by atoms with van der Waals surface area (Å²) < 4.78 is 4.73. The van der Waals surface area contributed by atoms with Gasteiger partial charge in [-0.1, -0.05) is 6.07 Å². The highest BCUT2D eigenvalue weighted by Crippen LogP contribution is 2.15. The van der Waals surface area contributed by atoms with Crippen molar-refractivity contribution in [2.75, 3.05) is 37.9 Å². The maximum atomic E-state index is 11.5. The second-order valence-electron chi connectivity index (χ2n) is 3.96. The molecule has 0 heterocycles. The van der Waals surface area contributed by atoms with Crippen LogP contribution in [0.5, 0.6) is 0 Å². The molecule has 2 amide bonds. The van der Waals surface area contributed by atoms with Crippen LogP contribution in [0, 0.1) is 0 Å². The van der Waals surface area contributed by atoms with Gasteiger partial charge in [0.15, 0.2) is 0 Å². The quantitative estimate of drug-likeness (QED) is 0.682. The van der Waals surface area contributed by atoms with Gasteiger partial charge in [-0.25, -0.2) is 0 Å². The number of anilines is 2. The van der Waals surface area contributed by atoms with E-state index in [0.29, 0.717) is 24.3 Å². The summed E-state index contributed by atoms with van der Waals surface area (Å²) in [4.78, 5) is 22.9. The molecule has 0 spiro atoms. The number of carbonyl (C=O) groups excluding carboxylic acids is 2. The number of hydrogen-bond acceptors (Lipinski definition) is 4. The van der Waals surface area contributed by atoms with Crippen molar-refractivity contribution in [2.45, 2.75) is 6.42 Å². The van der Waals surface area contributed by atoms with Crippen molar-refractivity contribution in [1.29, 1.82) is 0 Å². The Kier molecular flexibility index (Phi) is 6.56. The van der Waals surface area contributed by atoms with Gasteiger partial charge in [0, 0.05) is 31.5 Å². The van der Waals surface area contributed by atoms with E-state index in [4.69, 9.17) is 4.74 Å². The molecule has 0 unspecified atom stereocenters. The van der Waals surface area contributed by atoms with E-state index in [0.717, 1.165) is 0 Å². The Labute approximate surface area is 112 Å². The first-order valence-electron chi connectivity index (χ1n) is 5.99. The van der Waals surface area contributed by atoms with E-state index in [-0.39, 0.29) is 18.4 Å². The summed E-state index contributed by atoms with van der Waals surface area (Å²) in [7, 11) is 3.25. The highest BCUT2D eigenvalue weighted by atomic mass is 16.5. The topological polar surface area (TPSA) is 79.5 Å². The van der Waals surface area contributed by atoms with Crippen molar-refractivity contribution in [3.05, 3.63) is 24.3 Å². The zero-order valence-electron chi connectivity index (χ0n) is 11.2. The Hall–Kier alpha value is -1.92. The lowest BCUT2D eigenvalue weighted by Crippen LogP contribution is -2.19. The van der Waals surface area contributed by atoms with Crippen LogP contribution in [0.15, 0.2) is 24.3 Å². The van der Waals surface area contributed by atoms with Crippen molar-refractivity contribution < 1.29 is 14.3 Å². The Morgan fingerprint density at radius 2 is 1.79 bits per heavy atom. The summed E-state index contributed by atoms with van der Waals surface area (Å²) in [6.07, 6.45) is 0.400. The van der Waals surface area contributed by atoms with Crippen LogP contribution >= 0.6 is 0 Å². The fourth-order valence-electron chi connectivity index (χ4n) is 1.46. The fraction of sp³-hybridized carbons (Fsp3) is 0.385. The van der Waals surface area contributed by atoms with E-state index in [1.807, 2.05) is 0 Å². The number of nitrogens with one attached hydrogen (secondary N) is 3. The number of carbonyl (C=O) groups is 2. The lowest BCUT2D eigenvalue weighted by molar-refractivity contribution is -0.119. The Morgan fingerprint density at radius 1 is 1.16 bits per heavy atom. The van der Waals surface area contributed by atoms with E-state index in [9.17, 15) is 9.59 Å². The second kappa shape index (κ2) is 8.23. The highest BCUT2D eigenvalue weighted by molar-refractivity contribution is 5.94. The first-order valence-corrected chi connectivity index (χ1v) is 5.99. The van der Waals surface area contributed by atoms with Gasteiger partial charge < -0.3 is 20.7 Å². The van der Waals surface area contributed by atoms with Gasteiger partial charge >= 0.3 is 0 Å². The Morgan fingerprint density at radius 3 is 2.37 bits per heavy atom. The van der Waals surface area contributed by atoms with E-state index < -0.39 is 0 Å². The summed E-state index contributed by atoms with van der Waals surface area (Å²) in [5.74, 6) is -0.309. The highest BCUT2D eigenvalue weighted by Gasteiger charge is 2.04. The van der Waals surface area contributed by atoms with Gasteiger partial charge in [0.1, 0.15) is 6.61 Å². The molecule has 0 saturated heterocycles. The zero-order valence-corrected chi connectivity index (χ0v) is 11.2. The number of ether oxygens (including phenoxy) is 1. The van der Waals surface area contributed by atoms with Crippen molar-refractivity contribution in [2.24, 2.45) is 0 Å². The summed E-state index contributed by atoms with van der Waals surface area (Å²) in [5, 5.41) is 8.34. The molecular weight excluding hydrogens is 246 g/mol. The summed E-state index contributed by atoms with van der Waals surface area (Å²) in [6, 6.07) is 6.97. The predicted molar refractivity (Wildman–Crippen MR) is 74.1 cm³/mol. The van der Waals surface area contributed by atoms with Crippen LogP contribution in [0.4, 0.5) is 11.4 Å². The number of hydrogen-bond donors (Lipinski definition) is 3. The molecule has 6 nitrogen and oxygen atoms in total. The van der Waals surface area contributed by atoms with Gasteiger partial charge in [-0.2, -0.15) is 0 Å². The summed E-state index contributed by atoms with van der Waals surface area (Å²) in [6.45, 7) is 0.620. The van der Waals surface area contributed by atoms with Crippen molar-refractivity contribution >= 4 is 23.2 Å². The average Bonchev–Trinajstić information content (AvgIpc) is 2.37. The lowest BCUT2D eigenvalue weighted by Gasteiger charge is -2.08. The first kappa shape index (κ1) is 15.1. The molecule has 1 rings (SSSR count). The third-order valence-corrected chi connectivity index (χ3v) is 2.31. The van der Waals surface area contributed by atoms with Crippen molar-refractivity contribution in [3.63, 3.8) is 0 Å². The third kappa shape index (κ3) is 5.98. The summed E-state index contributed by atoms with van der Waals surface area (Å²) in [5.41, 5.74) is 1.27. The fourth-order valence-corrected chi connectivity index (χ4v) is 1.46. The molecule has 104 valence electrons. The van der Waals surface area contributed by atoms with Gasteiger partial charge in [0.25, 0.3) is 0 Å². The SMILES string of the molecule is CNCCC(=O)Nc1cccc(NC(=O)COC)c1. The molecule has 19 heavy (non-hydrogen) atoms. The van der Waals surface area contributed by atoms with Gasteiger partial charge in [0.05, 0.1) is 0 Å². The molecule has 0 aliphatic heterocycles. The third-order valence-electron chi connectivity index (χ3n) is 2.31. The Bertz CT molecular complexity index is 435. The second-order valence-corrected chi connectivity index (χ2v) is 3.96. The van der Waals surface area contributed by atoms with E-state index in [1.165, 1.54) is 7.11 Å². The van der Waals surface area contributed by atoms with E-state index >= 15 is 0 Å². The average molecular weight is 265 g/mol. The molecule has 0 atom stereocenters. The zero-order chi connectivity index (χ0) is 14.1. The van der Waals surface area contributed by atoms with Crippen molar-refractivity contribution in [1.82, 2.24) is 5.32 Å². The molecule has 0 saturated carbocycles. The molecule has 3 N–H and O–H groups in total. The lowest BCUT2D eigenvalue weighted by atomic mass is 10.2. The maximum absolute atomic E-state index is 11.5. The first-order chi connectivity index (χ1) is 9.15. The summed E-state index contributed by atoms with van der Waals surface area (Å²) >= 11 is 0. The molecule has 0 fully saturated rings. The minimum Gasteiger partial charge on any atom is -0.375 e. The van der Waals surface area contributed by atoms with Gasteiger partial charge in [0.2, 0.25) is 11.8 Å². The van der Waals surface area contributed by atoms with E-state index in [2.05, 4.69) is 16.0 Å². The van der Waals surface area contributed by atoms with Gasteiger partial charge in [-0.15, -0.1) is 0 Å². The van der Waals surface area contributed by atoms with Crippen LogP contribution in [0.2, 0.25) is 0 Å². The standard InChI is InChI=1S/C13H19N3O3/c1-14-7-6-12(17)15-10-4-3-5-11(8-10)16-13(18)9-19-2/h3-5,8,14H,6-7,9H2,1-2H3,(H,15,17)(H,16,18). The minimum atomic E-state index is -0.235. The van der Waals surface area contributed by atoms with E-state index in [1.54, 1.807) is 31.3 Å². The molecule has 1 aromatic carbocycles. The largest absolute Gasteiger partial charge is 0.375 e. The molecule has 0 bridgehead atoms. The molecule has 0 aliphatic carbocycles. The molecule has 6 heteroatoms. The smallest absolute Gasteiger partial charge is 0.250 e. The molecule has 1 aromatic rings. The molecule has 0 aliphatic rings. The van der Waals surface area contributed by atoms with Gasteiger partial charge in [-0.3, -0.25) is 9.59 Å². The van der Waals surface area contributed by atoms with Crippen LogP contribution in [0.25, 0.3) is 0 Å². The van der Waals surface area contributed by atoms with Crippen LogP contribution in [-0.4, -0.2) is 39.1 Å². The van der Waals surface area contributed by atoms with Crippen LogP contribution in [0.3, 0.4) is 0 Å². The monoisotopic (exact) mass is 265 g/mol. The van der Waals surface area contributed by atoms with Crippen LogP contribution in [-0.2, 0) is 14.3 Å². The van der Waals surface area contributed by atoms with Crippen LogP contribution in [0.1, 0.15) is 6.42 Å². The molecular formula is C13H19N3O3. The minimum absolute atomic E-state index is 0.00123. The molecule has 0 radical (unpaired) electrons. The molecule has 0 aromatic heterocycles. The number of rotatable bonds is 7. The predicted octanol–water partition coefficient (Wildman–Crippen LogP) is 0.819. The maximum Gasteiger partial charge on any atom is 0.250 e. The number of benzene rings is 1.